The summed E-state index contributed by atoms with van der Waals surface area (Å²) < 4.78 is 53.3. The molecule has 0 fully saturated rings. The number of hydrogen-bond acceptors (Lipinski definition) is 3. The largest absolute Gasteiger partial charge is 0.322 e. The van der Waals surface area contributed by atoms with Gasteiger partial charge in [0.1, 0.15) is 0 Å². The van der Waals surface area contributed by atoms with Crippen LogP contribution < -0.4 is 5.32 Å². The standard InChI is InChI=1S/C19H22F2N2O3S/c1-5-23(6-2)27(25,26)15-9-12(3)13(4)18(11-15)22-19(24)14-7-8-16(20)17(21)10-14/h7-11H,5-6H2,1-4H3,(H,22,24). The maximum atomic E-state index is 13.4. The average molecular weight is 396 g/mol. The van der Waals surface area contributed by atoms with Crippen molar-refractivity contribution in [2.45, 2.75) is 32.6 Å². The number of amides is 1. The molecule has 0 spiro atoms. The quantitative estimate of drug-likeness (QED) is 0.806. The second kappa shape index (κ2) is 8.14. The number of anilines is 1. The Morgan fingerprint density at radius 2 is 1.67 bits per heavy atom. The molecule has 5 nitrogen and oxygen atoms in total. The van der Waals surface area contributed by atoms with Crippen LogP contribution >= 0.6 is 0 Å². The van der Waals surface area contributed by atoms with Gasteiger partial charge in [0, 0.05) is 24.3 Å². The van der Waals surface area contributed by atoms with Gasteiger partial charge >= 0.3 is 0 Å². The summed E-state index contributed by atoms with van der Waals surface area (Å²) in [6.45, 7) is 7.61. The van der Waals surface area contributed by atoms with Gasteiger partial charge in [0.05, 0.1) is 4.90 Å². The molecule has 0 radical (unpaired) electrons. The summed E-state index contributed by atoms with van der Waals surface area (Å²) in [6.07, 6.45) is 0. The number of aryl methyl sites for hydroxylation is 1. The van der Waals surface area contributed by atoms with Crippen LogP contribution in [0.2, 0.25) is 0 Å². The molecule has 8 heteroatoms. The second-order valence-electron chi connectivity index (χ2n) is 6.09. The van der Waals surface area contributed by atoms with Crippen molar-refractivity contribution in [3.8, 4) is 0 Å². The lowest BCUT2D eigenvalue weighted by Crippen LogP contribution is -2.30. The molecular weight excluding hydrogens is 374 g/mol. The molecule has 0 aliphatic heterocycles. The Kier molecular flexibility index (Phi) is 6.33. The van der Waals surface area contributed by atoms with Crippen molar-refractivity contribution in [3.05, 3.63) is 58.7 Å². The van der Waals surface area contributed by atoms with Crippen molar-refractivity contribution in [1.82, 2.24) is 4.31 Å². The van der Waals surface area contributed by atoms with E-state index in [1.165, 1.54) is 10.4 Å². The van der Waals surface area contributed by atoms with Gasteiger partial charge in [0.2, 0.25) is 10.0 Å². The number of carbonyl (C=O) groups excluding carboxylic acids is 1. The van der Waals surface area contributed by atoms with E-state index in [1.807, 2.05) is 0 Å². The molecule has 27 heavy (non-hydrogen) atoms. The summed E-state index contributed by atoms with van der Waals surface area (Å²) in [4.78, 5) is 12.5. The van der Waals surface area contributed by atoms with Gasteiger partial charge in [0.25, 0.3) is 5.91 Å². The van der Waals surface area contributed by atoms with Crippen LogP contribution in [0.1, 0.15) is 35.3 Å². The summed E-state index contributed by atoms with van der Waals surface area (Å²) in [5, 5.41) is 2.59. The fourth-order valence-corrected chi connectivity index (χ4v) is 4.22. The van der Waals surface area contributed by atoms with E-state index >= 15 is 0 Å². The fraction of sp³-hybridized carbons (Fsp3) is 0.316. The third-order valence-electron chi connectivity index (χ3n) is 4.41. The first-order valence-corrected chi connectivity index (χ1v) is 9.93. The summed E-state index contributed by atoms with van der Waals surface area (Å²) in [5.41, 5.74) is 1.60. The minimum absolute atomic E-state index is 0.0647. The first-order chi connectivity index (χ1) is 12.6. The minimum Gasteiger partial charge on any atom is -0.322 e. The van der Waals surface area contributed by atoms with E-state index in [1.54, 1.807) is 33.8 Å². The third kappa shape index (κ3) is 4.33. The smallest absolute Gasteiger partial charge is 0.255 e. The fourth-order valence-electron chi connectivity index (χ4n) is 2.65. The molecule has 146 valence electrons. The van der Waals surface area contributed by atoms with Crippen molar-refractivity contribution in [3.63, 3.8) is 0 Å². The Hall–Kier alpha value is -2.32. The van der Waals surface area contributed by atoms with E-state index in [-0.39, 0.29) is 10.5 Å². The average Bonchev–Trinajstić information content (AvgIpc) is 2.61. The monoisotopic (exact) mass is 396 g/mol. The molecule has 2 aromatic rings. The highest BCUT2D eigenvalue weighted by molar-refractivity contribution is 7.89. The lowest BCUT2D eigenvalue weighted by molar-refractivity contribution is 0.102. The molecule has 1 N–H and O–H groups in total. The van der Waals surface area contributed by atoms with Crippen LogP contribution in [0.5, 0.6) is 0 Å². The zero-order valence-electron chi connectivity index (χ0n) is 15.6. The number of halogens is 2. The Balaban J connectivity index is 2.44. The molecule has 0 atom stereocenters. The second-order valence-corrected chi connectivity index (χ2v) is 8.02. The third-order valence-corrected chi connectivity index (χ3v) is 6.44. The van der Waals surface area contributed by atoms with Gasteiger partial charge in [-0.05, 0) is 55.3 Å². The predicted octanol–water partition coefficient (Wildman–Crippen LogP) is 3.86. The van der Waals surface area contributed by atoms with E-state index in [0.29, 0.717) is 29.9 Å². The Morgan fingerprint density at radius 3 is 2.22 bits per heavy atom. The number of hydrogen-bond donors (Lipinski definition) is 1. The molecule has 0 aliphatic rings. The van der Waals surface area contributed by atoms with Crippen LogP contribution in [0, 0.1) is 25.5 Å². The van der Waals surface area contributed by atoms with Gasteiger partial charge in [-0.15, -0.1) is 0 Å². The lowest BCUT2D eigenvalue weighted by atomic mass is 10.1. The van der Waals surface area contributed by atoms with E-state index in [0.717, 1.165) is 18.2 Å². The number of carbonyl (C=O) groups is 1. The predicted molar refractivity (Wildman–Crippen MR) is 100 cm³/mol. The molecule has 2 rings (SSSR count). The number of nitrogens with zero attached hydrogens (tertiary/aromatic N) is 1. The van der Waals surface area contributed by atoms with Gasteiger partial charge < -0.3 is 5.32 Å². The molecule has 0 bridgehead atoms. The summed E-state index contributed by atoms with van der Waals surface area (Å²) in [5.74, 6) is -2.84. The highest BCUT2D eigenvalue weighted by atomic mass is 32.2. The van der Waals surface area contributed by atoms with Crippen molar-refractivity contribution in [1.29, 1.82) is 0 Å². The van der Waals surface area contributed by atoms with Gasteiger partial charge in [-0.3, -0.25) is 4.79 Å². The summed E-state index contributed by atoms with van der Waals surface area (Å²) >= 11 is 0. The number of nitrogens with one attached hydrogen (secondary N) is 1. The van der Waals surface area contributed by atoms with Crippen molar-refractivity contribution in [2.75, 3.05) is 18.4 Å². The van der Waals surface area contributed by atoms with Gasteiger partial charge in [-0.2, -0.15) is 4.31 Å². The molecule has 0 unspecified atom stereocenters. The number of rotatable bonds is 6. The maximum Gasteiger partial charge on any atom is 0.255 e. The Labute approximate surface area is 158 Å². The van der Waals surface area contributed by atoms with E-state index in [4.69, 9.17) is 0 Å². The van der Waals surface area contributed by atoms with Crippen molar-refractivity contribution < 1.29 is 22.0 Å². The van der Waals surface area contributed by atoms with Crippen LogP contribution in [0.3, 0.4) is 0 Å². The molecule has 0 saturated carbocycles. The zero-order chi connectivity index (χ0) is 20.4. The van der Waals surface area contributed by atoms with E-state index in [9.17, 15) is 22.0 Å². The normalized spacial score (nSPS) is 11.7. The maximum absolute atomic E-state index is 13.4. The SMILES string of the molecule is CCN(CC)S(=O)(=O)c1cc(C)c(C)c(NC(=O)c2ccc(F)c(F)c2)c1. The van der Waals surface area contributed by atoms with Crippen molar-refractivity contribution in [2.24, 2.45) is 0 Å². The van der Waals surface area contributed by atoms with Gasteiger partial charge in [-0.1, -0.05) is 13.8 Å². The van der Waals surface area contributed by atoms with E-state index < -0.39 is 27.6 Å². The van der Waals surface area contributed by atoms with Gasteiger partial charge in [-0.25, -0.2) is 17.2 Å². The Bertz CT molecular complexity index is 971. The summed E-state index contributed by atoms with van der Waals surface area (Å²) in [6, 6.07) is 5.75. The lowest BCUT2D eigenvalue weighted by Gasteiger charge is -2.20. The molecule has 2 aromatic carbocycles. The molecule has 0 saturated heterocycles. The number of sulfonamides is 1. The van der Waals surface area contributed by atoms with Crippen LogP contribution in [0.25, 0.3) is 0 Å². The number of benzene rings is 2. The van der Waals surface area contributed by atoms with Gasteiger partial charge in [0.15, 0.2) is 11.6 Å². The zero-order valence-corrected chi connectivity index (χ0v) is 16.5. The first kappa shape index (κ1) is 21.0. The topological polar surface area (TPSA) is 66.5 Å². The molecule has 0 aliphatic carbocycles. The first-order valence-electron chi connectivity index (χ1n) is 8.49. The van der Waals surface area contributed by atoms with Crippen molar-refractivity contribution >= 4 is 21.6 Å². The van der Waals surface area contributed by atoms with Crippen LogP contribution in [-0.2, 0) is 10.0 Å². The molecule has 1 amide bonds. The molecule has 0 heterocycles. The Morgan fingerprint density at radius 1 is 1.04 bits per heavy atom. The minimum atomic E-state index is -3.70. The van der Waals surface area contributed by atoms with E-state index in [2.05, 4.69) is 5.32 Å². The van der Waals surface area contributed by atoms with Crippen LogP contribution in [0.4, 0.5) is 14.5 Å². The molecular formula is C19H22F2N2O3S. The van der Waals surface area contributed by atoms with Crippen LogP contribution in [-0.4, -0.2) is 31.7 Å². The van der Waals surface area contributed by atoms with Crippen LogP contribution in [0.15, 0.2) is 35.2 Å². The highest BCUT2D eigenvalue weighted by Gasteiger charge is 2.23. The summed E-state index contributed by atoms with van der Waals surface area (Å²) in [7, 11) is -3.70. The molecule has 0 aromatic heterocycles. The highest BCUT2D eigenvalue weighted by Crippen LogP contribution is 2.27.